The van der Waals surface area contributed by atoms with Crippen LogP contribution in [-0.4, -0.2) is 11.1 Å². The molecule has 98 valence electrons. The molecule has 0 radical (unpaired) electrons. The molecule has 0 saturated heterocycles. The van der Waals surface area contributed by atoms with E-state index in [2.05, 4.69) is 18.2 Å². The zero-order valence-electron chi connectivity index (χ0n) is 11.2. The van der Waals surface area contributed by atoms with E-state index in [9.17, 15) is 9.90 Å². The quantitative estimate of drug-likeness (QED) is 0.896. The van der Waals surface area contributed by atoms with Crippen LogP contribution in [0.5, 0.6) is 0 Å². The van der Waals surface area contributed by atoms with Crippen LogP contribution >= 0.6 is 11.8 Å². The number of aromatic carboxylic acids is 1. The summed E-state index contributed by atoms with van der Waals surface area (Å²) in [4.78, 5) is 13.2. The third-order valence-electron chi connectivity index (χ3n) is 3.00. The Morgan fingerprint density at radius 1 is 1.05 bits per heavy atom. The van der Waals surface area contributed by atoms with Gasteiger partial charge in [-0.3, -0.25) is 0 Å². The Hall–Kier alpha value is -1.74. The highest BCUT2D eigenvalue weighted by molar-refractivity contribution is 7.99. The molecular weight excluding hydrogens is 256 g/mol. The number of hydrogen-bond acceptors (Lipinski definition) is 2. The maximum atomic E-state index is 11.3. The first kappa shape index (κ1) is 13.7. The summed E-state index contributed by atoms with van der Waals surface area (Å²) in [6.07, 6.45) is 0. The Kier molecular flexibility index (Phi) is 3.96. The third kappa shape index (κ3) is 2.99. The van der Waals surface area contributed by atoms with Crippen molar-refractivity contribution in [2.24, 2.45) is 0 Å². The van der Waals surface area contributed by atoms with Gasteiger partial charge in [0.25, 0.3) is 0 Å². The summed E-state index contributed by atoms with van der Waals surface area (Å²) in [5.74, 6) is -0.878. The maximum absolute atomic E-state index is 11.3. The van der Waals surface area contributed by atoms with Crippen LogP contribution in [0.2, 0.25) is 0 Å². The molecule has 0 spiro atoms. The lowest BCUT2D eigenvalue weighted by molar-refractivity contribution is 0.0693. The number of hydrogen-bond donors (Lipinski definition) is 1. The summed E-state index contributed by atoms with van der Waals surface area (Å²) in [6.45, 7) is 6.03. The third-order valence-corrected chi connectivity index (χ3v) is 4.40. The molecule has 0 heterocycles. The normalized spacial score (nSPS) is 10.5. The Balaban J connectivity index is 2.49. The molecule has 19 heavy (non-hydrogen) atoms. The number of aryl methyl sites for hydroxylation is 3. The van der Waals surface area contributed by atoms with Gasteiger partial charge in [0, 0.05) is 9.79 Å². The van der Waals surface area contributed by atoms with Crippen molar-refractivity contribution < 1.29 is 9.90 Å². The molecule has 0 bridgehead atoms. The fourth-order valence-corrected chi connectivity index (χ4v) is 3.07. The van der Waals surface area contributed by atoms with E-state index in [-0.39, 0.29) is 0 Å². The standard InChI is InChI=1S/C16H16O2S/c1-10-7-8-11(2)14(9-10)19-15-12(3)5-4-6-13(15)16(17)18/h4-9H,1-3H3,(H,17,18). The Morgan fingerprint density at radius 3 is 2.47 bits per heavy atom. The first-order chi connectivity index (χ1) is 8.99. The summed E-state index contributed by atoms with van der Waals surface area (Å²) >= 11 is 1.53. The van der Waals surface area contributed by atoms with E-state index >= 15 is 0 Å². The first-order valence-electron chi connectivity index (χ1n) is 6.07. The molecule has 0 aliphatic rings. The molecule has 0 aliphatic heterocycles. The van der Waals surface area contributed by atoms with Gasteiger partial charge >= 0.3 is 5.97 Å². The zero-order chi connectivity index (χ0) is 14.0. The van der Waals surface area contributed by atoms with Gasteiger partial charge in [-0.15, -0.1) is 0 Å². The summed E-state index contributed by atoms with van der Waals surface area (Å²) in [7, 11) is 0. The van der Waals surface area contributed by atoms with Crippen LogP contribution in [0.1, 0.15) is 27.0 Å². The van der Waals surface area contributed by atoms with Crippen LogP contribution in [0.3, 0.4) is 0 Å². The number of carbonyl (C=O) groups is 1. The zero-order valence-corrected chi connectivity index (χ0v) is 12.0. The van der Waals surface area contributed by atoms with E-state index in [0.29, 0.717) is 5.56 Å². The van der Waals surface area contributed by atoms with E-state index < -0.39 is 5.97 Å². The fraction of sp³-hybridized carbons (Fsp3) is 0.188. The smallest absolute Gasteiger partial charge is 0.336 e. The van der Waals surface area contributed by atoms with Gasteiger partial charge in [0.15, 0.2) is 0 Å². The van der Waals surface area contributed by atoms with Crippen molar-refractivity contribution in [2.45, 2.75) is 30.6 Å². The highest BCUT2D eigenvalue weighted by Gasteiger charge is 2.14. The monoisotopic (exact) mass is 272 g/mol. The molecule has 2 aromatic carbocycles. The van der Waals surface area contributed by atoms with Crippen molar-refractivity contribution in [2.75, 3.05) is 0 Å². The van der Waals surface area contributed by atoms with Gasteiger partial charge in [-0.1, -0.05) is 36.0 Å². The van der Waals surface area contributed by atoms with Crippen LogP contribution in [0.25, 0.3) is 0 Å². The molecule has 2 nitrogen and oxygen atoms in total. The summed E-state index contributed by atoms with van der Waals surface area (Å²) in [6, 6.07) is 11.6. The molecule has 0 fully saturated rings. The molecule has 2 aromatic rings. The Bertz CT molecular complexity index is 633. The van der Waals surface area contributed by atoms with Crippen LogP contribution in [-0.2, 0) is 0 Å². The molecule has 2 rings (SSSR count). The number of carboxylic acid groups (broad SMARTS) is 1. The lowest BCUT2D eigenvalue weighted by atomic mass is 10.1. The average molecular weight is 272 g/mol. The molecule has 0 aromatic heterocycles. The maximum Gasteiger partial charge on any atom is 0.336 e. The van der Waals surface area contributed by atoms with Gasteiger partial charge in [0.05, 0.1) is 5.56 Å². The number of carboxylic acids is 1. The predicted molar refractivity (Wildman–Crippen MR) is 78.2 cm³/mol. The lowest BCUT2D eigenvalue weighted by Crippen LogP contribution is -2.00. The van der Waals surface area contributed by atoms with Crippen LogP contribution in [0.4, 0.5) is 0 Å². The highest BCUT2D eigenvalue weighted by atomic mass is 32.2. The van der Waals surface area contributed by atoms with E-state index in [1.807, 2.05) is 26.8 Å². The first-order valence-corrected chi connectivity index (χ1v) is 6.88. The van der Waals surface area contributed by atoms with Crippen LogP contribution in [0, 0.1) is 20.8 Å². The van der Waals surface area contributed by atoms with Gasteiger partial charge in [0.2, 0.25) is 0 Å². The second-order valence-electron chi connectivity index (χ2n) is 4.63. The van der Waals surface area contributed by atoms with Gasteiger partial charge in [0.1, 0.15) is 0 Å². The minimum atomic E-state index is -0.878. The summed E-state index contributed by atoms with van der Waals surface area (Å²) < 4.78 is 0. The van der Waals surface area contributed by atoms with E-state index in [1.165, 1.54) is 17.3 Å². The second-order valence-corrected chi connectivity index (χ2v) is 5.68. The predicted octanol–water partition coefficient (Wildman–Crippen LogP) is 4.46. The van der Waals surface area contributed by atoms with Crippen LogP contribution in [0.15, 0.2) is 46.2 Å². The SMILES string of the molecule is Cc1ccc(C)c(Sc2c(C)cccc2C(=O)O)c1. The minimum absolute atomic E-state index is 0.367. The Morgan fingerprint density at radius 2 is 1.79 bits per heavy atom. The van der Waals surface area contributed by atoms with Crippen molar-refractivity contribution in [1.82, 2.24) is 0 Å². The molecular formula is C16H16O2S. The van der Waals surface area contributed by atoms with E-state index in [1.54, 1.807) is 12.1 Å². The number of benzene rings is 2. The topological polar surface area (TPSA) is 37.3 Å². The molecule has 1 N–H and O–H groups in total. The van der Waals surface area contributed by atoms with Crippen molar-refractivity contribution in [3.63, 3.8) is 0 Å². The van der Waals surface area contributed by atoms with E-state index in [4.69, 9.17) is 0 Å². The molecule has 0 aliphatic carbocycles. The Labute approximate surface area is 117 Å². The molecule has 0 saturated carbocycles. The van der Waals surface area contributed by atoms with Crippen molar-refractivity contribution >= 4 is 17.7 Å². The minimum Gasteiger partial charge on any atom is -0.478 e. The fourth-order valence-electron chi connectivity index (χ4n) is 1.88. The summed E-state index contributed by atoms with van der Waals surface area (Å²) in [5.41, 5.74) is 3.70. The average Bonchev–Trinajstić information content (AvgIpc) is 2.35. The second kappa shape index (κ2) is 5.49. The van der Waals surface area contributed by atoms with Crippen LogP contribution < -0.4 is 0 Å². The molecule has 3 heteroatoms. The summed E-state index contributed by atoms with van der Waals surface area (Å²) in [5, 5.41) is 9.28. The molecule has 0 unspecified atom stereocenters. The van der Waals surface area contributed by atoms with E-state index in [0.717, 1.165) is 20.9 Å². The van der Waals surface area contributed by atoms with Crippen molar-refractivity contribution in [1.29, 1.82) is 0 Å². The van der Waals surface area contributed by atoms with Crippen molar-refractivity contribution in [3.05, 3.63) is 58.7 Å². The van der Waals surface area contributed by atoms with Gasteiger partial charge in [-0.05, 0) is 49.6 Å². The highest BCUT2D eigenvalue weighted by Crippen LogP contribution is 2.35. The lowest BCUT2D eigenvalue weighted by Gasteiger charge is -2.11. The van der Waals surface area contributed by atoms with Gasteiger partial charge in [-0.25, -0.2) is 4.79 Å². The van der Waals surface area contributed by atoms with Gasteiger partial charge < -0.3 is 5.11 Å². The molecule has 0 amide bonds. The number of rotatable bonds is 3. The largest absolute Gasteiger partial charge is 0.478 e. The molecule has 0 atom stereocenters. The van der Waals surface area contributed by atoms with Crippen molar-refractivity contribution in [3.8, 4) is 0 Å². The van der Waals surface area contributed by atoms with Gasteiger partial charge in [-0.2, -0.15) is 0 Å².